The Hall–Kier alpha value is -2.67. The van der Waals surface area contributed by atoms with E-state index in [9.17, 15) is 4.91 Å². The molecule has 0 aliphatic carbocycles. The molecule has 0 spiro atoms. The molecule has 4 nitrogen and oxygen atoms in total. The second kappa shape index (κ2) is 5.60. The van der Waals surface area contributed by atoms with Gasteiger partial charge in [0.1, 0.15) is 11.5 Å². The summed E-state index contributed by atoms with van der Waals surface area (Å²) in [6.07, 6.45) is 0. The first-order valence-electron chi connectivity index (χ1n) is 5.38. The van der Waals surface area contributed by atoms with E-state index in [-0.39, 0.29) is 0 Å². The van der Waals surface area contributed by atoms with Gasteiger partial charge in [0, 0.05) is 0 Å². The third-order valence-electron chi connectivity index (χ3n) is 2.38. The summed E-state index contributed by atoms with van der Waals surface area (Å²) in [6.45, 7) is 0. The summed E-state index contributed by atoms with van der Waals surface area (Å²) < 4.78 is 5.61. The lowest BCUT2D eigenvalue weighted by Crippen LogP contribution is -1.92. The normalized spacial score (nSPS) is 11.3. The van der Waals surface area contributed by atoms with Crippen LogP contribution in [0.4, 0.5) is 0 Å². The number of benzene rings is 2. The Labute approximate surface area is 104 Å². The third-order valence-corrected chi connectivity index (χ3v) is 2.38. The minimum Gasteiger partial charge on any atom is -0.457 e. The van der Waals surface area contributed by atoms with Crippen molar-refractivity contribution in [1.29, 1.82) is 5.26 Å². The lowest BCUT2D eigenvalue weighted by atomic mass is 10.1. The molecule has 1 atom stereocenters. The van der Waals surface area contributed by atoms with Gasteiger partial charge < -0.3 is 4.74 Å². The summed E-state index contributed by atoms with van der Waals surface area (Å²) in [5, 5.41) is 11.5. The van der Waals surface area contributed by atoms with E-state index in [2.05, 4.69) is 5.18 Å². The Balaban J connectivity index is 2.23. The van der Waals surface area contributed by atoms with Crippen molar-refractivity contribution in [3.8, 4) is 17.6 Å². The minimum atomic E-state index is -0.996. The zero-order valence-corrected chi connectivity index (χ0v) is 9.48. The highest BCUT2D eigenvalue weighted by Gasteiger charge is 2.10. The molecule has 0 heterocycles. The summed E-state index contributed by atoms with van der Waals surface area (Å²) in [5.74, 6) is 1.27. The van der Waals surface area contributed by atoms with Gasteiger partial charge in [-0.1, -0.05) is 30.3 Å². The molecule has 0 saturated carbocycles. The van der Waals surface area contributed by atoms with Gasteiger partial charge in [0.15, 0.2) is 0 Å². The van der Waals surface area contributed by atoms with Gasteiger partial charge >= 0.3 is 0 Å². The largest absolute Gasteiger partial charge is 0.457 e. The number of hydrogen-bond acceptors (Lipinski definition) is 4. The number of ether oxygens (including phenoxy) is 1. The SMILES string of the molecule is N#CC(N=O)c1cccc(Oc2ccccc2)c1. The van der Waals surface area contributed by atoms with E-state index < -0.39 is 6.04 Å². The molecule has 2 rings (SSSR count). The van der Waals surface area contributed by atoms with Crippen molar-refractivity contribution in [1.82, 2.24) is 0 Å². The van der Waals surface area contributed by atoms with E-state index in [0.717, 1.165) is 0 Å². The molecule has 0 aliphatic rings. The quantitative estimate of drug-likeness (QED) is 0.761. The average Bonchev–Trinajstić information content (AvgIpc) is 2.42. The Bertz CT molecular complexity index is 576. The second-order valence-corrected chi connectivity index (χ2v) is 3.62. The van der Waals surface area contributed by atoms with E-state index in [4.69, 9.17) is 10.00 Å². The van der Waals surface area contributed by atoms with Crippen LogP contribution in [0, 0.1) is 16.2 Å². The standard InChI is InChI=1S/C14H10N2O2/c15-10-14(16-17)11-5-4-8-13(9-11)18-12-6-2-1-3-7-12/h1-9,14H. The molecule has 18 heavy (non-hydrogen) atoms. The maximum atomic E-state index is 10.5. The molecule has 1 unspecified atom stereocenters. The van der Waals surface area contributed by atoms with Crippen LogP contribution in [-0.4, -0.2) is 0 Å². The molecule has 2 aromatic rings. The monoisotopic (exact) mass is 238 g/mol. The Kier molecular flexibility index (Phi) is 3.67. The lowest BCUT2D eigenvalue weighted by Gasteiger charge is -2.07. The molecule has 0 aliphatic heterocycles. The first-order valence-corrected chi connectivity index (χ1v) is 5.38. The summed E-state index contributed by atoms with van der Waals surface area (Å²) in [4.78, 5) is 10.5. The summed E-state index contributed by atoms with van der Waals surface area (Å²) in [7, 11) is 0. The number of nitroso groups, excluding NO2 is 1. The second-order valence-electron chi connectivity index (χ2n) is 3.62. The molecule has 0 saturated heterocycles. The third kappa shape index (κ3) is 2.71. The van der Waals surface area contributed by atoms with E-state index in [1.54, 1.807) is 24.3 Å². The Morgan fingerprint density at radius 1 is 1.06 bits per heavy atom. The first-order chi connectivity index (χ1) is 8.83. The van der Waals surface area contributed by atoms with Crippen molar-refractivity contribution >= 4 is 0 Å². The maximum Gasteiger partial charge on any atom is 0.203 e. The predicted octanol–water partition coefficient (Wildman–Crippen LogP) is 3.81. The van der Waals surface area contributed by atoms with Crippen molar-refractivity contribution in [3.63, 3.8) is 0 Å². The molecule has 0 radical (unpaired) electrons. The van der Waals surface area contributed by atoms with Crippen molar-refractivity contribution in [2.75, 3.05) is 0 Å². The highest BCUT2D eigenvalue weighted by molar-refractivity contribution is 5.36. The van der Waals surface area contributed by atoms with Crippen molar-refractivity contribution in [2.24, 2.45) is 5.18 Å². The fourth-order valence-electron chi connectivity index (χ4n) is 1.53. The van der Waals surface area contributed by atoms with Crippen LogP contribution in [0.25, 0.3) is 0 Å². The molecule has 88 valence electrons. The number of nitriles is 1. The molecule has 2 aromatic carbocycles. The van der Waals surface area contributed by atoms with Crippen LogP contribution in [0.5, 0.6) is 11.5 Å². The molecular formula is C14H10N2O2. The molecule has 0 aromatic heterocycles. The molecule has 0 N–H and O–H groups in total. The Morgan fingerprint density at radius 2 is 1.78 bits per heavy atom. The summed E-state index contributed by atoms with van der Waals surface area (Å²) in [5.41, 5.74) is 0.529. The molecule has 0 amide bonds. The van der Waals surface area contributed by atoms with Gasteiger partial charge in [-0.15, -0.1) is 4.91 Å². The van der Waals surface area contributed by atoms with E-state index in [1.807, 2.05) is 36.4 Å². The molecule has 0 bridgehead atoms. The van der Waals surface area contributed by atoms with Gasteiger partial charge in [0.2, 0.25) is 6.04 Å². The highest BCUT2D eigenvalue weighted by Crippen LogP contribution is 2.25. The van der Waals surface area contributed by atoms with Gasteiger partial charge in [-0.05, 0) is 35.0 Å². The van der Waals surface area contributed by atoms with E-state index >= 15 is 0 Å². The zero-order chi connectivity index (χ0) is 12.8. The van der Waals surface area contributed by atoms with Gasteiger partial charge in [-0.2, -0.15) is 5.26 Å². The van der Waals surface area contributed by atoms with Crippen LogP contribution in [-0.2, 0) is 0 Å². The van der Waals surface area contributed by atoms with Gasteiger partial charge in [0.25, 0.3) is 0 Å². The van der Waals surface area contributed by atoms with Crippen molar-refractivity contribution in [2.45, 2.75) is 6.04 Å². The van der Waals surface area contributed by atoms with Crippen molar-refractivity contribution < 1.29 is 4.74 Å². The zero-order valence-electron chi connectivity index (χ0n) is 9.48. The Morgan fingerprint density at radius 3 is 2.44 bits per heavy atom. The number of nitrogens with zero attached hydrogens (tertiary/aromatic N) is 2. The summed E-state index contributed by atoms with van der Waals surface area (Å²) in [6, 6.07) is 16.9. The minimum absolute atomic E-state index is 0.529. The van der Waals surface area contributed by atoms with Crippen LogP contribution in [0.15, 0.2) is 59.8 Å². The van der Waals surface area contributed by atoms with Gasteiger partial charge in [-0.3, -0.25) is 0 Å². The maximum absolute atomic E-state index is 10.5. The van der Waals surface area contributed by atoms with Gasteiger partial charge in [-0.25, -0.2) is 0 Å². The van der Waals surface area contributed by atoms with Crippen molar-refractivity contribution in [3.05, 3.63) is 65.1 Å². The predicted molar refractivity (Wildman–Crippen MR) is 67.1 cm³/mol. The van der Waals surface area contributed by atoms with Crippen LogP contribution in [0.1, 0.15) is 11.6 Å². The van der Waals surface area contributed by atoms with Crippen LogP contribution in [0.2, 0.25) is 0 Å². The summed E-state index contributed by atoms with van der Waals surface area (Å²) >= 11 is 0. The molecule has 4 heteroatoms. The fourth-order valence-corrected chi connectivity index (χ4v) is 1.53. The highest BCUT2D eigenvalue weighted by atomic mass is 16.5. The van der Waals surface area contributed by atoms with E-state index in [1.165, 1.54) is 0 Å². The topological polar surface area (TPSA) is 62.5 Å². The first kappa shape index (κ1) is 11.8. The van der Waals surface area contributed by atoms with Crippen LogP contribution in [0.3, 0.4) is 0 Å². The van der Waals surface area contributed by atoms with Crippen LogP contribution < -0.4 is 4.74 Å². The van der Waals surface area contributed by atoms with Gasteiger partial charge in [0.05, 0.1) is 6.07 Å². The van der Waals surface area contributed by atoms with Crippen LogP contribution >= 0.6 is 0 Å². The number of para-hydroxylation sites is 1. The van der Waals surface area contributed by atoms with E-state index in [0.29, 0.717) is 17.1 Å². The number of hydrogen-bond donors (Lipinski definition) is 0. The molecular weight excluding hydrogens is 228 g/mol. The number of rotatable bonds is 4. The lowest BCUT2D eigenvalue weighted by molar-refractivity contribution is 0.482. The average molecular weight is 238 g/mol. The fraction of sp³-hybridized carbons (Fsp3) is 0.0714. The molecule has 0 fully saturated rings. The smallest absolute Gasteiger partial charge is 0.203 e.